The third-order valence-electron chi connectivity index (χ3n) is 9.29. The standard InChI is InChI=1S/C24H32N2O5/c1-2-23-9-5-12-25-13-11-24(22(23)25)14-6-3-4-7-15(14)26(16(24)8-10-23)20-18(28)17(27)19(29)21(30)31-20/h3-4,6-7,16-18,20-22,27-28,30H,2,5,8-13H2,1H3/t16-,17-,18+,20-,21+,22-,23-,24-/m0/s1. The Kier molecular flexibility index (Phi) is 4.38. The van der Waals surface area contributed by atoms with E-state index in [1.165, 1.54) is 24.8 Å². The second-order valence-corrected chi connectivity index (χ2v) is 10.2. The normalized spacial score (nSPS) is 46.6. The van der Waals surface area contributed by atoms with Crippen LogP contribution in [-0.4, -0.2) is 75.9 Å². The number of ketones is 1. The third kappa shape index (κ3) is 2.39. The van der Waals surface area contributed by atoms with E-state index in [1.54, 1.807) is 0 Å². The van der Waals surface area contributed by atoms with Gasteiger partial charge in [0.2, 0.25) is 12.1 Å². The highest BCUT2D eigenvalue weighted by Crippen LogP contribution is 2.65. The van der Waals surface area contributed by atoms with Crippen LogP contribution < -0.4 is 4.90 Å². The van der Waals surface area contributed by atoms with Crippen LogP contribution in [0.1, 0.15) is 51.0 Å². The van der Waals surface area contributed by atoms with E-state index in [-0.39, 0.29) is 11.5 Å². The van der Waals surface area contributed by atoms with Gasteiger partial charge in [0.25, 0.3) is 0 Å². The van der Waals surface area contributed by atoms with E-state index in [9.17, 15) is 20.1 Å². The molecule has 0 unspecified atom stereocenters. The molecule has 0 bridgehead atoms. The topological polar surface area (TPSA) is 93.5 Å². The first-order valence-electron chi connectivity index (χ1n) is 11.8. The van der Waals surface area contributed by atoms with Crippen molar-refractivity contribution in [2.45, 2.75) is 87.7 Å². The van der Waals surface area contributed by atoms with Gasteiger partial charge < -0.3 is 25.0 Å². The van der Waals surface area contributed by atoms with Crippen molar-refractivity contribution >= 4 is 11.5 Å². The lowest BCUT2D eigenvalue weighted by Gasteiger charge is -2.59. The Morgan fingerprint density at radius 2 is 1.94 bits per heavy atom. The van der Waals surface area contributed by atoms with Crippen LogP contribution in [0.25, 0.3) is 0 Å². The number of fused-ring (bicyclic) bond motifs is 1. The number of nitrogens with zero attached hydrogens (tertiary/aromatic N) is 2. The second-order valence-electron chi connectivity index (χ2n) is 10.2. The summed E-state index contributed by atoms with van der Waals surface area (Å²) in [5.74, 6) is -0.876. The fourth-order valence-corrected chi connectivity index (χ4v) is 8.11. The van der Waals surface area contributed by atoms with Crippen molar-refractivity contribution in [1.29, 1.82) is 0 Å². The molecule has 0 radical (unpaired) electrons. The maximum absolute atomic E-state index is 12.0. The van der Waals surface area contributed by atoms with Crippen LogP contribution in [0.15, 0.2) is 24.3 Å². The van der Waals surface area contributed by atoms with Crippen LogP contribution in [0.4, 0.5) is 5.69 Å². The van der Waals surface area contributed by atoms with Crippen LogP contribution in [-0.2, 0) is 14.9 Å². The number of ether oxygens (including phenoxy) is 1. The van der Waals surface area contributed by atoms with Gasteiger partial charge in [-0.2, -0.15) is 0 Å². The van der Waals surface area contributed by atoms with Crippen LogP contribution in [0.5, 0.6) is 0 Å². The van der Waals surface area contributed by atoms with Gasteiger partial charge in [0, 0.05) is 23.2 Å². The Morgan fingerprint density at radius 3 is 2.74 bits per heavy atom. The molecule has 168 valence electrons. The molecule has 7 heteroatoms. The van der Waals surface area contributed by atoms with Gasteiger partial charge in [0.05, 0.1) is 0 Å². The average molecular weight is 429 g/mol. The minimum Gasteiger partial charge on any atom is -0.385 e. The number of aliphatic hydroxyl groups excluding tert-OH is 3. The largest absolute Gasteiger partial charge is 0.385 e. The molecule has 4 fully saturated rings. The SMILES string of the molecule is CC[C@]12CCCN3CC[C@@]4(c5ccccc5N([C@H]5O[C@@H](O)C(=O)[C@@H](O)[C@H]5O)[C@H]4CC1)[C@@H]32. The molecule has 1 aromatic carbocycles. The smallest absolute Gasteiger partial charge is 0.220 e. The zero-order valence-electron chi connectivity index (χ0n) is 18.0. The summed E-state index contributed by atoms with van der Waals surface area (Å²) < 4.78 is 5.67. The number of benzene rings is 1. The van der Waals surface area contributed by atoms with Crippen molar-refractivity contribution in [2.24, 2.45) is 5.41 Å². The summed E-state index contributed by atoms with van der Waals surface area (Å²) in [5.41, 5.74) is 2.54. The lowest BCUT2D eigenvalue weighted by atomic mass is 9.52. The average Bonchev–Trinajstić information content (AvgIpc) is 3.33. The minimum absolute atomic E-state index is 0.0638. The number of para-hydroxylation sites is 1. The molecule has 1 saturated carbocycles. The van der Waals surface area contributed by atoms with Gasteiger partial charge in [-0.15, -0.1) is 0 Å². The Balaban J connectivity index is 1.50. The first kappa shape index (κ1) is 20.1. The maximum atomic E-state index is 12.0. The number of carbonyl (C=O) groups excluding carboxylic acids is 1. The van der Waals surface area contributed by atoms with Gasteiger partial charge in [-0.1, -0.05) is 25.1 Å². The summed E-state index contributed by atoms with van der Waals surface area (Å²) in [5, 5.41) is 31.3. The van der Waals surface area contributed by atoms with Crippen LogP contribution in [0.2, 0.25) is 0 Å². The molecule has 1 aromatic rings. The molecular formula is C24H32N2O5. The summed E-state index contributed by atoms with van der Waals surface area (Å²) in [6.45, 7) is 4.54. The first-order chi connectivity index (χ1) is 14.9. The number of carbonyl (C=O) groups is 1. The van der Waals surface area contributed by atoms with E-state index >= 15 is 0 Å². The number of aliphatic hydroxyl groups is 3. The van der Waals surface area contributed by atoms with Crippen LogP contribution in [0.3, 0.4) is 0 Å². The summed E-state index contributed by atoms with van der Waals surface area (Å²) in [6, 6.07) is 8.92. The van der Waals surface area contributed by atoms with E-state index in [0.29, 0.717) is 11.5 Å². The molecule has 5 aliphatic rings. The zero-order chi connectivity index (χ0) is 21.5. The number of piperidine rings is 1. The molecule has 1 aliphatic carbocycles. The molecular weight excluding hydrogens is 396 g/mol. The van der Waals surface area contributed by atoms with Gasteiger partial charge in [-0.05, 0) is 68.7 Å². The number of Topliss-reactive ketones (excluding diaryl/α,β-unsaturated/α-hetero) is 1. The first-order valence-corrected chi connectivity index (χ1v) is 11.8. The predicted octanol–water partition coefficient (Wildman–Crippen LogP) is 1.14. The Labute approximate surface area is 182 Å². The number of hydrogen-bond donors (Lipinski definition) is 3. The van der Waals surface area contributed by atoms with Crippen molar-refractivity contribution in [3.63, 3.8) is 0 Å². The molecule has 4 aliphatic heterocycles. The lowest BCUT2D eigenvalue weighted by Crippen LogP contribution is -2.68. The number of rotatable bonds is 2. The van der Waals surface area contributed by atoms with Gasteiger partial charge in [0.1, 0.15) is 12.2 Å². The van der Waals surface area contributed by atoms with Crippen LogP contribution in [0, 0.1) is 5.41 Å². The molecule has 1 spiro atoms. The molecule has 7 nitrogen and oxygen atoms in total. The highest BCUT2D eigenvalue weighted by Gasteiger charge is 2.69. The van der Waals surface area contributed by atoms with E-state index in [0.717, 1.165) is 38.0 Å². The maximum Gasteiger partial charge on any atom is 0.220 e. The minimum atomic E-state index is -1.72. The Bertz CT molecular complexity index is 910. The van der Waals surface area contributed by atoms with Gasteiger partial charge in [0.15, 0.2) is 6.23 Å². The number of hydrogen-bond acceptors (Lipinski definition) is 7. The van der Waals surface area contributed by atoms with Crippen molar-refractivity contribution in [3.8, 4) is 0 Å². The van der Waals surface area contributed by atoms with E-state index in [1.807, 2.05) is 6.07 Å². The summed E-state index contributed by atoms with van der Waals surface area (Å²) in [6.07, 6.45) is 1.10. The monoisotopic (exact) mass is 428 g/mol. The zero-order valence-corrected chi connectivity index (χ0v) is 18.0. The summed E-state index contributed by atoms with van der Waals surface area (Å²) in [4.78, 5) is 16.8. The van der Waals surface area contributed by atoms with Crippen molar-refractivity contribution in [2.75, 3.05) is 18.0 Å². The molecule has 3 N–H and O–H groups in total. The summed E-state index contributed by atoms with van der Waals surface area (Å²) in [7, 11) is 0. The molecule has 3 saturated heterocycles. The van der Waals surface area contributed by atoms with E-state index < -0.39 is 30.5 Å². The molecule has 31 heavy (non-hydrogen) atoms. The van der Waals surface area contributed by atoms with Gasteiger partial charge in [-0.25, -0.2) is 0 Å². The fourth-order valence-electron chi connectivity index (χ4n) is 8.11. The van der Waals surface area contributed by atoms with Crippen LogP contribution >= 0.6 is 0 Å². The Morgan fingerprint density at radius 1 is 1.13 bits per heavy atom. The predicted molar refractivity (Wildman–Crippen MR) is 113 cm³/mol. The fraction of sp³-hybridized carbons (Fsp3) is 0.708. The quantitative estimate of drug-likeness (QED) is 0.650. The van der Waals surface area contributed by atoms with E-state index in [2.05, 4.69) is 34.9 Å². The lowest BCUT2D eigenvalue weighted by molar-refractivity contribution is -0.222. The van der Waals surface area contributed by atoms with Gasteiger partial charge >= 0.3 is 0 Å². The van der Waals surface area contributed by atoms with Crippen molar-refractivity contribution in [3.05, 3.63) is 29.8 Å². The molecule has 6 rings (SSSR count). The van der Waals surface area contributed by atoms with Crippen molar-refractivity contribution in [1.82, 2.24) is 4.90 Å². The van der Waals surface area contributed by atoms with Gasteiger partial charge in [-0.3, -0.25) is 9.69 Å². The molecule has 0 aromatic heterocycles. The Hall–Kier alpha value is -1.51. The number of anilines is 1. The molecule has 4 heterocycles. The molecule has 0 amide bonds. The van der Waals surface area contributed by atoms with Crippen molar-refractivity contribution < 1.29 is 24.9 Å². The highest BCUT2D eigenvalue weighted by atomic mass is 16.6. The molecule has 8 atom stereocenters. The second kappa shape index (κ2) is 6.75. The summed E-state index contributed by atoms with van der Waals surface area (Å²) >= 11 is 0. The highest BCUT2D eigenvalue weighted by molar-refractivity contribution is 5.87. The van der Waals surface area contributed by atoms with E-state index in [4.69, 9.17) is 4.74 Å². The third-order valence-corrected chi connectivity index (χ3v) is 9.29.